The van der Waals surface area contributed by atoms with Crippen LogP contribution < -0.4 is 11.3 Å². The number of hydrogen-bond acceptors (Lipinski definition) is 6. The van der Waals surface area contributed by atoms with E-state index in [9.17, 15) is 4.79 Å². The fourth-order valence-corrected chi connectivity index (χ4v) is 2.05. The molecule has 0 fully saturated rings. The summed E-state index contributed by atoms with van der Waals surface area (Å²) in [5, 5.41) is 13.3. The van der Waals surface area contributed by atoms with E-state index < -0.39 is 5.56 Å². The van der Waals surface area contributed by atoms with E-state index in [0.29, 0.717) is 5.03 Å². The molecule has 20 heavy (non-hydrogen) atoms. The van der Waals surface area contributed by atoms with Crippen molar-refractivity contribution in [2.45, 2.75) is 5.03 Å². The third kappa shape index (κ3) is 2.70. The molecule has 1 heterocycles. The molecule has 0 bridgehead atoms. The number of benzene rings is 1. The van der Waals surface area contributed by atoms with Gasteiger partial charge in [-0.3, -0.25) is 4.79 Å². The number of nitriles is 1. The summed E-state index contributed by atoms with van der Waals surface area (Å²) in [5.41, 5.74) is 5.88. The highest BCUT2D eigenvalue weighted by atomic mass is 32.2. The summed E-state index contributed by atoms with van der Waals surface area (Å²) in [6.45, 7) is 0. The second-order valence-corrected chi connectivity index (χ2v) is 4.53. The zero-order valence-corrected chi connectivity index (χ0v) is 11.5. The van der Waals surface area contributed by atoms with Crippen LogP contribution in [-0.2, 0) is 0 Å². The topological polar surface area (TPSA) is 97.1 Å². The fraction of sp³-hybridized carbons (Fsp3) is 0.0769. The number of aromatic nitrogens is 2. The number of rotatable bonds is 3. The van der Waals surface area contributed by atoms with Crippen molar-refractivity contribution in [2.75, 3.05) is 12.0 Å². The second-order valence-electron chi connectivity index (χ2n) is 3.74. The Hall–Kier alpha value is -2.59. The Labute approximate surface area is 119 Å². The Morgan fingerprint density at radius 3 is 2.75 bits per heavy atom. The van der Waals surface area contributed by atoms with Crippen LogP contribution in [0.1, 0.15) is 11.1 Å². The van der Waals surface area contributed by atoms with Gasteiger partial charge in [-0.15, -0.1) is 11.8 Å². The Kier molecular flexibility index (Phi) is 4.17. The van der Waals surface area contributed by atoms with E-state index in [4.69, 9.17) is 11.0 Å². The molecule has 0 saturated carbocycles. The molecule has 2 aromatic rings. The molecule has 0 aliphatic carbocycles. The number of anilines is 1. The second kappa shape index (κ2) is 6.04. The van der Waals surface area contributed by atoms with Crippen LogP contribution >= 0.6 is 11.8 Å². The van der Waals surface area contributed by atoms with Crippen LogP contribution in [-0.4, -0.2) is 22.1 Å². The van der Waals surface area contributed by atoms with Crippen molar-refractivity contribution in [1.82, 2.24) is 9.66 Å². The summed E-state index contributed by atoms with van der Waals surface area (Å²) in [5.74, 6) is -0.0504. The summed E-state index contributed by atoms with van der Waals surface area (Å²) in [4.78, 5) is 16.1. The van der Waals surface area contributed by atoms with Gasteiger partial charge in [0.05, 0.1) is 6.21 Å². The van der Waals surface area contributed by atoms with Gasteiger partial charge in [0.15, 0.2) is 5.56 Å². The van der Waals surface area contributed by atoms with Crippen LogP contribution in [0, 0.1) is 11.3 Å². The maximum Gasteiger partial charge on any atom is 0.294 e. The molecule has 1 aromatic carbocycles. The molecular formula is C13H11N5OS. The first-order valence-corrected chi connectivity index (χ1v) is 6.86. The van der Waals surface area contributed by atoms with Crippen LogP contribution in [0.5, 0.6) is 0 Å². The summed E-state index contributed by atoms with van der Waals surface area (Å²) in [6.07, 6.45) is 3.21. The Morgan fingerprint density at radius 1 is 1.45 bits per heavy atom. The van der Waals surface area contributed by atoms with Crippen LogP contribution in [0.2, 0.25) is 0 Å². The smallest absolute Gasteiger partial charge is 0.294 e. The monoisotopic (exact) mass is 285 g/mol. The van der Waals surface area contributed by atoms with E-state index in [1.165, 1.54) is 18.0 Å². The van der Waals surface area contributed by atoms with Gasteiger partial charge >= 0.3 is 0 Å². The lowest BCUT2D eigenvalue weighted by atomic mass is 10.2. The minimum Gasteiger partial charge on any atom is -0.368 e. The zero-order valence-electron chi connectivity index (χ0n) is 10.6. The first kappa shape index (κ1) is 13.8. The number of nitrogens with zero attached hydrogens (tertiary/aromatic N) is 4. The molecule has 6 nitrogen and oxygen atoms in total. The van der Waals surface area contributed by atoms with Crippen molar-refractivity contribution in [3.8, 4) is 6.07 Å². The number of nitrogens with two attached hydrogens (primary N) is 1. The molecule has 0 radical (unpaired) electrons. The highest BCUT2D eigenvalue weighted by Crippen LogP contribution is 2.15. The molecule has 0 aliphatic rings. The van der Waals surface area contributed by atoms with E-state index in [2.05, 4.69) is 10.1 Å². The lowest BCUT2D eigenvalue weighted by molar-refractivity contribution is 0.789. The van der Waals surface area contributed by atoms with Gasteiger partial charge < -0.3 is 5.73 Å². The molecule has 0 unspecified atom stereocenters. The van der Waals surface area contributed by atoms with Gasteiger partial charge in [0.25, 0.3) is 5.56 Å². The lowest BCUT2D eigenvalue weighted by Gasteiger charge is -2.05. The third-order valence-corrected chi connectivity index (χ3v) is 3.16. The SMILES string of the molecule is CSc1nc(N)n(/N=C\c2ccccc2)c(=O)c1C#N. The normalized spacial score (nSPS) is 10.6. The minimum atomic E-state index is -0.573. The van der Waals surface area contributed by atoms with Crippen molar-refractivity contribution < 1.29 is 0 Å². The molecule has 2 N–H and O–H groups in total. The predicted octanol–water partition coefficient (Wildman–Crippen LogP) is 1.30. The van der Waals surface area contributed by atoms with Crippen molar-refractivity contribution in [2.24, 2.45) is 5.10 Å². The highest BCUT2D eigenvalue weighted by Gasteiger charge is 2.13. The Morgan fingerprint density at radius 2 is 2.15 bits per heavy atom. The molecule has 0 atom stereocenters. The van der Waals surface area contributed by atoms with Gasteiger partial charge in [-0.25, -0.2) is 4.98 Å². The Bertz CT molecular complexity index is 746. The first-order chi connectivity index (χ1) is 9.67. The average Bonchev–Trinajstić information content (AvgIpc) is 2.47. The van der Waals surface area contributed by atoms with Crippen LogP contribution in [0.25, 0.3) is 0 Å². The van der Waals surface area contributed by atoms with Gasteiger partial charge in [0.2, 0.25) is 5.95 Å². The number of thioether (sulfide) groups is 1. The number of nitrogen functional groups attached to an aromatic ring is 1. The summed E-state index contributed by atoms with van der Waals surface area (Å²) < 4.78 is 0.922. The summed E-state index contributed by atoms with van der Waals surface area (Å²) in [6, 6.07) is 11.1. The first-order valence-electron chi connectivity index (χ1n) is 5.63. The van der Waals surface area contributed by atoms with Gasteiger partial charge in [-0.2, -0.15) is 15.0 Å². The molecule has 0 amide bonds. The molecule has 1 aromatic heterocycles. The van der Waals surface area contributed by atoms with Crippen LogP contribution in [0.3, 0.4) is 0 Å². The molecule has 0 aliphatic heterocycles. The van der Waals surface area contributed by atoms with Crippen LogP contribution in [0.15, 0.2) is 45.3 Å². The van der Waals surface area contributed by atoms with Crippen LogP contribution in [0.4, 0.5) is 5.95 Å². The van der Waals surface area contributed by atoms with Gasteiger partial charge in [0, 0.05) is 0 Å². The summed E-state index contributed by atoms with van der Waals surface area (Å²) in [7, 11) is 0. The molecular weight excluding hydrogens is 274 g/mol. The Balaban J connectivity index is 2.51. The summed E-state index contributed by atoms with van der Waals surface area (Å²) >= 11 is 1.19. The fourth-order valence-electron chi connectivity index (χ4n) is 1.53. The molecule has 100 valence electrons. The van der Waals surface area contributed by atoms with Gasteiger partial charge in [-0.05, 0) is 11.8 Å². The van der Waals surface area contributed by atoms with Crippen molar-refractivity contribution >= 4 is 23.9 Å². The van der Waals surface area contributed by atoms with E-state index in [0.717, 1.165) is 10.2 Å². The molecule has 0 saturated heterocycles. The maximum atomic E-state index is 12.1. The zero-order chi connectivity index (χ0) is 14.5. The van der Waals surface area contributed by atoms with E-state index in [-0.39, 0.29) is 11.5 Å². The average molecular weight is 285 g/mol. The van der Waals surface area contributed by atoms with Crippen molar-refractivity contribution in [3.63, 3.8) is 0 Å². The largest absolute Gasteiger partial charge is 0.368 e. The number of hydrogen-bond donors (Lipinski definition) is 1. The highest BCUT2D eigenvalue weighted by molar-refractivity contribution is 7.98. The van der Waals surface area contributed by atoms with E-state index in [1.54, 1.807) is 6.26 Å². The quantitative estimate of drug-likeness (QED) is 0.521. The third-order valence-electron chi connectivity index (χ3n) is 2.48. The van der Waals surface area contributed by atoms with Gasteiger partial charge in [0.1, 0.15) is 11.1 Å². The maximum absolute atomic E-state index is 12.1. The van der Waals surface area contributed by atoms with Crippen molar-refractivity contribution in [1.29, 1.82) is 5.26 Å². The standard InChI is InChI=1S/C13H11N5OS/c1-20-11-10(7-14)12(19)18(13(15)17-11)16-8-9-5-3-2-4-6-9/h2-6,8H,1H3,(H2,15,17)/b16-8-. The predicted molar refractivity (Wildman–Crippen MR) is 78.8 cm³/mol. The van der Waals surface area contributed by atoms with Gasteiger partial charge in [-0.1, -0.05) is 30.3 Å². The lowest BCUT2D eigenvalue weighted by Crippen LogP contribution is -2.24. The van der Waals surface area contributed by atoms with Crippen molar-refractivity contribution in [3.05, 3.63) is 51.8 Å². The molecule has 2 rings (SSSR count). The molecule has 0 spiro atoms. The van der Waals surface area contributed by atoms with E-state index in [1.807, 2.05) is 36.4 Å². The van der Waals surface area contributed by atoms with E-state index >= 15 is 0 Å². The minimum absolute atomic E-state index is 0.0504. The molecule has 7 heteroatoms.